The molecule has 116 valence electrons. The molecular formula is C18H15NO3S. The first-order valence-electron chi connectivity index (χ1n) is 7.11. The quantitative estimate of drug-likeness (QED) is 0.677. The van der Waals surface area contributed by atoms with E-state index in [9.17, 15) is 9.59 Å². The Morgan fingerprint density at radius 3 is 2.61 bits per heavy atom. The van der Waals surface area contributed by atoms with Gasteiger partial charge >= 0.3 is 0 Å². The number of carbonyl (C=O) groups is 1. The van der Waals surface area contributed by atoms with Crippen molar-refractivity contribution in [2.24, 2.45) is 0 Å². The van der Waals surface area contributed by atoms with Gasteiger partial charge in [-0.15, -0.1) is 0 Å². The van der Waals surface area contributed by atoms with Crippen molar-refractivity contribution < 1.29 is 9.53 Å². The van der Waals surface area contributed by atoms with Gasteiger partial charge in [-0.05, 0) is 17.7 Å². The summed E-state index contributed by atoms with van der Waals surface area (Å²) in [6.45, 7) is 0.419. The maximum Gasteiger partial charge on any atom is 0.261 e. The minimum absolute atomic E-state index is 0.128. The highest BCUT2D eigenvalue weighted by molar-refractivity contribution is 7.08. The largest absolute Gasteiger partial charge is 0.497 e. The first-order chi connectivity index (χ1) is 11.2. The zero-order valence-electron chi connectivity index (χ0n) is 12.6. The van der Waals surface area contributed by atoms with Crippen LogP contribution in [-0.4, -0.2) is 16.8 Å². The predicted octanol–water partition coefficient (Wildman–Crippen LogP) is 3.20. The lowest BCUT2D eigenvalue weighted by atomic mass is 10.1. The molecule has 0 radical (unpaired) electrons. The number of ether oxygens (including phenoxy) is 1. The van der Waals surface area contributed by atoms with Crippen LogP contribution in [0.5, 0.6) is 5.75 Å². The normalized spacial score (nSPS) is 10.5. The lowest BCUT2D eigenvalue weighted by molar-refractivity contribution is 0.104. The SMILES string of the molecule is COc1cccc(Cn2sc(C(=O)c3ccccc3)cc2=O)c1. The number of nitrogens with zero attached hydrogens (tertiary/aromatic N) is 1. The Balaban J connectivity index is 1.86. The van der Waals surface area contributed by atoms with Gasteiger partial charge in [-0.2, -0.15) is 0 Å². The lowest BCUT2D eigenvalue weighted by Crippen LogP contribution is -2.12. The molecule has 0 bridgehead atoms. The minimum Gasteiger partial charge on any atom is -0.497 e. The molecule has 0 amide bonds. The first-order valence-corrected chi connectivity index (χ1v) is 7.88. The lowest BCUT2D eigenvalue weighted by Gasteiger charge is -2.04. The molecule has 0 aliphatic heterocycles. The maximum atomic E-state index is 12.4. The fraction of sp³-hybridized carbons (Fsp3) is 0.111. The van der Waals surface area contributed by atoms with E-state index in [2.05, 4.69) is 0 Å². The van der Waals surface area contributed by atoms with E-state index >= 15 is 0 Å². The summed E-state index contributed by atoms with van der Waals surface area (Å²) in [5.74, 6) is 0.616. The Hall–Kier alpha value is -2.66. The molecule has 0 N–H and O–H groups in total. The third kappa shape index (κ3) is 3.40. The van der Waals surface area contributed by atoms with Gasteiger partial charge in [0.15, 0.2) is 0 Å². The third-order valence-corrected chi connectivity index (χ3v) is 4.46. The van der Waals surface area contributed by atoms with Crippen LogP contribution in [0.1, 0.15) is 20.8 Å². The van der Waals surface area contributed by atoms with E-state index in [-0.39, 0.29) is 11.3 Å². The highest BCUT2D eigenvalue weighted by Crippen LogP contribution is 2.17. The summed E-state index contributed by atoms with van der Waals surface area (Å²) in [5, 5.41) is 0. The van der Waals surface area contributed by atoms with Crippen molar-refractivity contribution in [2.45, 2.75) is 6.54 Å². The van der Waals surface area contributed by atoms with Crippen LogP contribution in [0.25, 0.3) is 0 Å². The number of hydrogen-bond acceptors (Lipinski definition) is 4. The van der Waals surface area contributed by atoms with E-state index in [1.54, 1.807) is 23.2 Å². The van der Waals surface area contributed by atoms with Crippen LogP contribution in [-0.2, 0) is 6.54 Å². The number of rotatable bonds is 5. The average Bonchev–Trinajstić information content (AvgIpc) is 2.96. The fourth-order valence-electron chi connectivity index (χ4n) is 2.26. The molecule has 0 unspecified atom stereocenters. The molecule has 0 aliphatic rings. The van der Waals surface area contributed by atoms with Gasteiger partial charge in [0.2, 0.25) is 5.78 Å². The molecule has 0 fully saturated rings. The second-order valence-electron chi connectivity index (χ2n) is 5.02. The van der Waals surface area contributed by atoms with Crippen molar-refractivity contribution in [3.05, 3.63) is 87.0 Å². The maximum absolute atomic E-state index is 12.4. The summed E-state index contributed by atoms with van der Waals surface area (Å²) in [7, 11) is 1.60. The van der Waals surface area contributed by atoms with Crippen LogP contribution in [0.3, 0.4) is 0 Å². The molecule has 1 aromatic heterocycles. The second kappa shape index (κ2) is 6.62. The molecule has 23 heavy (non-hydrogen) atoms. The summed E-state index contributed by atoms with van der Waals surface area (Å²) in [6, 6.07) is 17.9. The van der Waals surface area contributed by atoms with Gasteiger partial charge < -0.3 is 4.74 Å². The van der Waals surface area contributed by atoms with E-state index in [0.717, 1.165) is 11.3 Å². The Labute approximate surface area is 137 Å². The van der Waals surface area contributed by atoms with Crippen molar-refractivity contribution in [2.75, 3.05) is 7.11 Å². The topological polar surface area (TPSA) is 48.3 Å². The van der Waals surface area contributed by atoms with Crippen molar-refractivity contribution >= 4 is 17.3 Å². The summed E-state index contributed by atoms with van der Waals surface area (Å²) in [6.07, 6.45) is 0. The molecule has 0 spiro atoms. The molecule has 0 aliphatic carbocycles. The summed E-state index contributed by atoms with van der Waals surface area (Å²) >= 11 is 1.18. The molecule has 4 nitrogen and oxygen atoms in total. The van der Waals surface area contributed by atoms with E-state index in [4.69, 9.17) is 4.74 Å². The van der Waals surface area contributed by atoms with E-state index in [0.29, 0.717) is 17.0 Å². The van der Waals surface area contributed by atoms with E-state index in [1.165, 1.54) is 17.6 Å². The van der Waals surface area contributed by atoms with Gasteiger partial charge in [0.25, 0.3) is 5.56 Å². The Morgan fingerprint density at radius 2 is 1.87 bits per heavy atom. The summed E-state index contributed by atoms with van der Waals surface area (Å²) in [4.78, 5) is 25.0. The van der Waals surface area contributed by atoms with Crippen molar-refractivity contribution in [3.8, 4) is 5.75 Å². The van der Waals surface area contributed by atoms with Gasteiger partial charge in [-0.1, -0.05) is 54.0 Å². The van der Waals surface area contributed by atoms with Gasteiger partial charge in [0, 0.05) is 11.6 Å². The number of benzene rings is 2. The van der Waals surface area contributed by atoms with Crippen molar-refractivity contribution in [3.63, 3.8) is 0 Å². The number of aromatic nitrogens is 1. The number of carbonyl (C=O) groups excluding carboxylic acids is 1. The molecular weight excluding hydrogens is 310 g/mol. The van der Waals surface area contributed by atoms with Crippen LogP contribution >= 0.6 is 11.5 Å². The van der Waals surface area contributed by atoms with Gasteiger partial charge in [-0.3, -0.25) is 13.5 Å². The molecule has 0 saturated heterocycles. The second-order valence-corrected chi connectivity index (χ2v) is 6.08. The highest BCUT2D eigenvalue weighted by Gasteiger charge is 2.14. The van der Waals surface area contributed by atoms with E-state index < -0.39 is 0 Å². The minimum atomic E-state index is -0.169. The molecule has 5 heteroatoms. The Bertz CT molecular complexity index is 881. The first kappa shape index (κ1) is 15.2. The van der Waals surface area contributed by atoms with Crippen LogP contribution in [0.15, 0.2) is 65.5 Å². The van der Waals surface area contributed by atoms with Crippen molar-refractivity contribution in [1.29, 1.82) is 0 Å². The molecule has 3 rings (SSSR count). The molecule has 3 aromatic rings. The standard InChI is InChI=1S/C18H15NO3S/c1-22-15-9-5-6-13(10-15)12-19-17(20)11-16(23-19)18(21)14-7-3-2-4-8-14/h2-11H,12H2,1H3. The van der Waals surface area contributed by atoms with Gasteiger partial charge in [-0.25, -0.2) is 0 Å². The molecule has 2 aromatic carbocycles. The zero-order valence-corrected chi connectivity index (χ0v) is 13.4. The van der Waals surface area contributed by atoms with Crippen molar-refractivity contribution in [1.82, 2.24) is 3.96 Å². The summed E-state index contributed by atoms with van der Waals surface area (Å²) in [5.41, 5.74) is 1.37. The number of ketones is 1. The fourth-order valence-corrected chi connectivity index (χ4v) is 3.21. The van der Waals surface area contributed by atoms with Gasteiger partial charge in [0.1, 0.15) is 5.75 Å². The smallest absolute Gasteiger partial charge is 0.261 e. The molecule has 0 atom stereocenters. The average molecular weight is 325 g/mol. The van der Waals surface area contributed by atoms with Gasteiger partial charge in [0.05, 0.1) is 18.5 Å². The predicted molar refractivity (Wildman–Crippen MR) is 90.5 cm³/mol. The number of methoxy groups -OCH3 is 1. The monoisotopic (exact) mass is 325 g/mol. The van der Waals surface area contributed by atoms with Crippen LogP contribution in [0.2, 0.25) is 0 Å². The number of hydrogen-bond donors (Lipinski definition) is 0. The van der Waals surface area contributed by atoms with Crippen LogP contribution < -0.4 is 10.3 Å². The summed E-state index contributed by atoms with van der Waals surface area (Å²) < 4.78 is 6.76. The van der Waals surface area contributed by atoms with Crippen LogP contribution in [0.4, 0.5) is 0 Å². The highest BCUT2D eigenvalue weighted by atomic mass is 32.1. The van der Waals surface area contributed by atoms with E-state index in [1.807, 2.05) is 42.5 Å². The Morgan fingerprint density at radius 1 is 1.09 bits per heavy atom. The third-order valence-electron chi connectivity index (χ3n) is 3.43. The Kier molecular flexibility index (Phi) is 4.39. The molecule has 0 saturated carbocycles. The zero-order chi connectivity index (χ0) is 16.2. The molecule has 1 heterocycles. The van der Waals surface area contributed by atoms with Crippen LogP contribution in [0, 0.1) is 0 Å².